The fraction of sp³-hybridized carbons (Fsp3) is 0.238. The maximum absolute atomic E-state index is 14.7. The number of aromatic carboxylic acids is 1. The zero-order valence-electron chi connectivity index (χ0n) is 31.5. The maximum atomic E-state index is 14.7. The lowest BCUT2D eigenvalue weighted by atomic mass is 9.99. The Bertz CT molecular complexity index is 2520. The van der Waals surface area contributed by atoms with E-state index in [9.17, 15) is 33.1 Å². The molecular weight excluding hydrogens is 764 g/mol. The summed E-state index contributed by atoms with van der Waals surface area (Å²) in [5.41, 5.74) is -0.739. The summed E-state index contributed by atoms with van der Waals surface area (Å²) in [4.78, 5) is 56.7. The number of pyridine rings is 2. The summed E-state index contributed by atoms with van der Waals surface area (Å²) >= 11 is 5.68. The van der Waals surface area contributed by atoms with Gasteiger partial charge in [-0.15, -0.1) is 11.6 Å². The summed E-state index contributed by atoms with van der Waals surface area (Å²) in [5, 5.41) is 11.9. The van der Waals surface area contributed by atoms with Gasteiger partial charge in [-0.3, -0.25) is 14.4 Å². The lowest BCUT2D eigenvalue weighted by Crippen LogP contribution is -2.29. The van der Waals surface area contributed by atoms with Crippen molar-refractivity contribution in [2.45, 2.75) is 26.7 Å². The van der Waals surface area contributed by atoms with Crippen molar-refractivity contribution in [3.8, 4) is 45.3 Å². The molecule has 15 heteroatoms. The number of carboxylic acids is 1. The zero-order chi connectivity index (χ0) is 41.2. The third-order valence-corrected chi connectivity index (χ3v) is 8.83. The molecule has 2 aromatic heterocycles. The molecule has 6 aromatic rings. The van der Waals surface area contributed by atoms with E-state index in [1.54, 1.807) is 48.5 Å². The van der Waals surface area contributed by atoms with E-state index in [1.807, 2.05) is 13.8 Å². The Morgan fingerprint density at radius 3 is 1.49 bits per heavy atom. The number of carbonyl (C=O) groups excluding carboxylic acids is 1. The summed E-state index contributed by atoms with van der Waals surface area (Å²) in [6.45, 7) is 4.78. The van der Waals surface area contributed by atoms with Gasteiger partial charge in [-0.1, -0.05) is 38.1 Å². The number of nitrogens with one attached hydrogen (secondary N) is 3. The van der Waals surface area contributed by atoms with Crippen molar-refractivity contribution < 1.29 is 42.4 Å². The van der Waals surface area contributed by atoms with Gasteiger partial charge in [0, 0.05) is 12.4 Å². The first-order chi connectivity index (χ1) is 27.5. The van der Waals surface area contributed by atoms with Gasteiger partial charge in [0.2, 0.25) is 10.9 Å². The van der Waals surface area contributed by atoms with Gasteiger partial charge in [-0.2, -0.15) is 0 Å². The van der Waals surface area contributed by atoms with Crippen molar-refractivity contribution in [3.63, 3.8) is 0 Å². The summed E-state index contributed by atoms with van der Waals surface area (Å²) < 4.78 is 50.6. The predicted molar refractivity (Wildman–Crippen MR) is 215 cm³/mol. The van der Waals surface area contributed by atoms with Gasteiger partial charge in [0.15, 0.2) is 0 Å². The number of ether oxygens (including phenoxy) is 4. The summed E-state index contributed by atoms with van der Waals surface area (Å²) in [5.74, 6) is -1.41. The Kier molecular flexibility index (Phi) is 13.9. The Labute approximate surface area is 330 Å². The molecule has 0 spiro atoms. The highest BCUT2D eigenvalue weighted by atomic mass is 35.5. The number of halogens is 3. The number of rotatable bonds is 14. The predicted octanol–water partition coefficient (Wildman–Crippen LogP) is 7.93. The number of carboxylic acid groups (broad SMARTS) is 1. The molecule has 12 nitrogen and oxygen atoms in total. The molecular formula is C42H40ClF2N3O9. The van der Waals surface area contributed by atoms with Gasteiger partial charge >= 0.3 is 5.97 Å². The van der Waals surface area contributed by atoms with Crippen molar-refractivity contribution >= 4 is 45.3 Å². The Morgan fingerprint density at radius 2 is 1.11 bits per heavy atom. The molecule has 2 heterocycles. The minimum absolute atomic E-state index is 0.00901. The summed E-state index contributed by atoms with van der Waals surface area (Å²) in [6.07, 6.45) is 1.44. The molecule has 4 N–H and O–H groups in total. The van der Waals surface area contributed by atoms with Crippen LogP contribution in [0.3, 0.4) is 0 Å². The van der Waals surface area contributed by atoms with Crippen molar-refractivity contribution in [1.82, 2.24) is 15.3 Å². The molecule has 57 heavy (non-hydrogen) atoms. The number of alkyl halides is 1. The number of H-pyrrole nitrogens is 2. The second-order valence-electron chi connectivity index (χ2n) is 12.4. The number of carbonyl (C=O) groups is 2. The van der Waals surface area contributed by atoms with Crippen LogP contribution in [-0.4, -0.2) is 66.8 Å². The van der Waals surface area contributed by atoms with Gasteiger partial charge in [0.25, 0.3) is 5.91 Å². The summed E-state index contributed by atoms with van der Waals surface area (Å²) in [6, 6.07) is 18.1. The molecule has 0 aliphatic carbocycles. The van der Waals surface area contributed by atoms with Crippen LogP contribution < -0.4 is 35.1 Å². The van der Waals surface area contributed by atoms with E-state index >= 15 is 0 Å². The van der Waals surface area contributed by atoms with Gasteiger partial charge in [-0.25, -0.2) is 13.6 Å². The fourth-order valence-electron chi connectivity index (χ4n) is 5.97. The van der Waals surface area contributed by atoms with Crippen LogP contribution in [-0.2, 0) is 0 Å². The van der Waals surface area contributed by atoms with Gasteiger partial charge in [0.05, 0.1) is 60.4 Å². The summed E-state index contributed by atoms with van der Waals surface area (Å²) in [7, 11) is 3.02. The van der Waals surface area contributed by atoms with Gasteiger partial charge in [-0.05, 0) is 72.5 Å². The van der Waals surface area contributed by atoms with Crippen LogP contribution in [0.15, 0.2) is 82.4 Å². The zero-order valence-corrected chi connectivity index (χ0v) is 32.3. The van der Waals surface area contributed by atoms with Crippen LogP contribution in [0.25, 0.3) is 44.1 Å². The molecule has 298 valence electrons. The number of benzene rings is 4. The van der Waals surface area contributed by atoms with Crippen LogP contribution in [0, 0.1) is 11.6 Å². The molecule has 6 rings (SSSR count). The van der Waals surface area contributed by atoms with E-state index in [4.69, 9.17) is 30.5 Å². The molecule has 0 saturated heterocycles. The molecule has 0 unspecified atom stereocenters. The van der Waals surface area contributed by atoms with E-state index in [1.165, 1.54) is 32.4 Å². The highest BCUT2D eigenvalue weighted by Crippen LogP contribution is 2.32. The van der Waals surface area contributed by atoms with Crippen molar-refractivity contribution in [2.24, 2.45) is 0 Å². The molecule has 0 fully saturated rings. The number of hydrogen-bond acceptors (Lipinski definition) is 8. The minimum Gasteiger partial charge on any atom is -0.497 e. The largest absolute Gasteiger partial charge is 0.497 e. The molecule has 0 saturated carbocycles. The normalized spacial score (nSPS) is 10.8. The van der Waals surface area contributed by atoms with Crippen molar-refractivity contribution in [1.29, 1.82) is 0 Å². The number of fused-ring (bicyclic) bond motifs is 2. The monoisotopic (exact) mass is 803 g/mol. The average molecular weight is 804 g/mol. The van der Waals surface area contributed by atoms with Crippen molar-refractivity contribution in [3.05, 3.63) is 116 Å². The quantitative estimate of drug-likeness (QED) is 0.0799. The van der Waals surface area contributed by atoms with Gasteiger partial charge < -0.3 is 39.3 Å². The SMILES string of the molecule is CCCOc1ccc(F)c2c(=O)c(-c3ccc(OC)cc3)c(C(=O)NCCCl)[nH]c12.CCCOc1ccc(F)c2c(=O)c(-c3ccc(OC)cc3)c(C(=O)O)[nH]c12. The first kappa shape index (κ1) is 41.7. The minimum atomic E-state index is -1.33. The number of amides is 1. The lowest BCUT2D eigenvalue weighted by Gasteiger charge is -2.15. The van der Waals surface area contributed by atoms with Crippen molar-refractivity contribution in [2.75, 3.05) is 39.9 Å². The van der Waals surface area contributed by atoms with Crippen LogP contribution in [0.5, 0.6) is 23.0 Å². The van der Waals surface area contributed by atoms with Crippen LogP contribution in [0.1, 0.15) is 47.7 Å². The van der Waals surface area contributed by atoms with E-state index in [-0.39, 0.29) is 62.5 Å². The van der Waals surface area contributed by atoms with E-state index in [2.05, 4.69) is 15.3 Å². The first-order valence-electron chi connectivity index (χ1n) is 17.9. The third kappa shape index (κ3) is 9.02. The van der Waals surface area contributed by atoms with Gasteiger partial charge in [0.1, 0.15) is 46.0 Å². The Balaban J connectivity index is 0.000000219. The first-order valence-corrected chi connectivity index (χ1v) is 18.4. The molecule has 0 aliphatic rings. The van der Waals surface area contributed by atoms with E-state index in [0.29, 0.717) is 48.0 Å². The Morgan fingerprint density at radius 1 is 0.684 bits per heavy atom. The maximum Gasteiger partial charge on any atom is 0.353 e. The fourth-order valence-corrected chi connectivity index (χ4v) is 6.07. The third-order valence-electron chi connectivity index (χ3n) is 8.64. The molecule has 0 bridgehead atoms. The van der Waals surface area contributed by atoms with E-state index < -0.39 is 34.4 Å². The molecule has 0 radical (unpaired) electrons. The standard InChI is InChI=1S/C22H22ClFN2O4.C20H18FNO5/c1-3-12-30-16-9-8-15(24)18-19(16)26-20(22(28)25-11-10-23)17(21(18)27)13-4-6-14(29-2)7-5-13;1-3-10-27-14-9-8-13(21)16-17(14)22-18(20(24)25)15(19(16)23)11-4-6-12(26-2)7-5-11/h4-9H,3,10-12H2,1-2H3,(H,25,28)(H,26,27);4-9H,3,10H2,1-2H3,(H,22,23)(H,24,25). The van der Waals surface area contributed by atoms with Crippen LogP contribution in [0.2, 0.25) is 0 Å². The molecule has 1 amide bonds. The molecule has 0 aliphatic heterocycles. The topological polar surface area (TPSA) is 169 Å². The lowest BCUT2D eigenvalue weighted by molar-refractivity contribution is 0.0691. The van der Waals surface area contributed by atoms with E-state index in [0.717, 1.165) is 12.5 Å². The average Bonchev–Trinajstić information content (AvgIpc) is 3.22. The second kappa shape index (κ2) is 19.0. The number of hydrogen-bond donors (Lipinski definition) is 4. The smallest absolute Gasteiger partial charge is 0.353 e. The van der Waals surface area contributed by atoms with Crippen LogP contribution in [0.4, 0.5) is 8.78 Å². The van der Waals surface area contributed by atoms with Crippen LogP contribution >= 0.6 is 11.6 Å². The Hall–Kier alpha value is -6.41. The highest BCUT2D eigenvalue weighted by molar-refractivity contribution is 6.18. The number of aromatic amines is 2. The highest BCUT2D eigenvalue weighted by Gasteiger charge is 2.24. The molecule has 4 aromatic carbocycles. The second-order valence-corrected chi connectivity index (χ2v) is 12.8. The number of aromatic nitrogens is 2. The number of methoxy groups -OCH3 is 2. The molecule has 0 atom stereocenters.